The Bertz CT molecular complexity index is 614. The van der Waals surface area contributed by atoms with E-state index in [9.17, 15) is 8.42 Å². The van der Waals surface area contributed by atoms with Gasteiger partial charge in [-0.3, -0.25) is 4.18 Å². The van der Waals surface area contributed by atoms with Gasteiger partial charge in [-0.1, -0.05) is 17.7 Å². The van der Waals surface area contributed by atoms with Crippen LogP contribution in [0.2, 0.25) is 0 Å². The lowest BCUT2D eigenvalue weighted by Gasteiger charge is -2.07. The van der Waals surface area contributed by atoms with Gasteiger partial charge in [0.05, 0.1) is 84.2 Å². The van der Waals surface area contributed by atoms with E-state index in [2.05, 4.69) is 0 Å². The zero-order valence-electron chi connectivity index (χ0n) is 19.3. The molecule has 0 spiro atoms. The maximum atomic E-state index is 11.8. The second-order valence-corrected chi connectivity index (χ2v) is 7.86. The summed E-state index contributed by atoms with van der Waals surface area (Å²) in [5, 5.41) is 8.32. The van der Waals surface area contributed by atoms with Crippen molar-refractivity contribution in [2.24, 2.45) is 0 Å². The van der Waals surface area contributed by atoms with E-state index in [-0.39, 0.29) is 24.7 Å². The largest absolute Gasteiger partial charge is 0.394 e. The first-order valence-corrected chi connectivity index (χ1v) is 11.7. The molecule has 0 atom stereocenters. The van der Waals surface area contributed by atoms with Crippen molar-refractivity contribution < 1.29 is 46.1 Å². The molecule has 1 aromatic rings. The van der Waals surface area contributed by atoms with Gasteiger partial charge < -0.3 is 33.5 Å². The van der Waals surface area contributed by atoms with Gasteiger partial charge in [0.2, 0.25) is 0 Å². The van der Waals surface area contributed by atoms with Crippen molar-refractivity contribution in [3.05, 3.63) is 29.8 Å². The zero-order chi connectivity index (χ0) is 23.9. The van der Waals surface area contributed by atoms with E-state index in [1.165, 1.54) is 12.1 Å². The summed E-state index contributed by atoms with van der Waals surface area (Å²) in [4.78, 5) is 0.149. The summed E-state index contributed by atoms with van der Waals surface area (Å²) in [6, 6.07) is 6.50. The second-order valence-electron chi connectivity index (χ2n) is 6.25. The highest BCUT2D eigenvalue weighted by atomic mass is 32.2. The van der Waals surface area contributed by atoms with Crippen molar-refractivity contribution in [2.45, 2.75) is 11.8 Å². The second kappa shape index (κ2) is 21.7. The van der Waals surface area contributed by atoms with Crippen LogP contribution in [0, 0.1) is 6.92 Å². The Balaban J connectivity index is 0.000000739. The van der Waals surface area contributed by atoms with E-state index in [1.807, 2.05) is 6.92 Å². The number of aliphatic hydroxyl groups excluding tert-OH is 1. The van der Waals surface area contributed by atoms with Crippen LogP contribution in [-0.2, 0) is 42.7 Å². The van der Waals surface area contributed by atoms with Crippen molar-refractivity contribution in [2.75, 3.05) is 93.5 Å². The van der Waals surface area contributed by atoms with Gasteiger partial charge in [-0.05, 0) is 19.1 Å². The van der Waals surface area contributed by atoms with Crippen LogP contribution in [0.15, 0.2) is 29.2 Å². The summed E-state index contributed by atoms with van der Waals surface area (Å²) >= 11 is 0. The van der Waals surface area contributed by atoms with Crippen molar-refractivity contribution in [3.63, 3.8) is 0 Å². The van der Waals surface area contributed by atoms with Gasteiger partial charge in [0.15, 0.2) is 0 Å². The zero-order valence-corrected chi connectivity index (χ0v) is 20.1. The molecule has 188 valence electrons. The van der Waals surface area contributed by atoms with Crippen LogP contribution in [0.4, 0.5) is 0 Å². The summed E-state index contributed by atoms with van der Waals surface area (Å²) in [7, 11) is -0.476. The van der Waals surface area contributed by atoms with Crippen molar-refractivity contribution in [1.29, 1.82) is 0 Å². The third-order valence-corrected chi connectivity index (χ3v) is 4.95. The quantitative estimate of drug-likeness (QED) is 0.226. The van der Waals surface area contributed by atoms with Crippen LogP contribution in [-0.4, -0.2) is 107 Å². The molecule has 0 heterocycles. The molecule has 0 saturated carbocycles. The average Bonchev–Trinajstić information content (AvgIpc) is 2.78. The first-order valence-electron chi connectivity index (χ1n) is 10.3. The van der Waals surface area contributed by atoms with Crippen molar-refractivity contribution >= 4 is 10.1 Å². The SMILES string of the molecule is COCCOCCOCCO.COCCOCCOCCOS(=O)(=O)c1ccc(C)cc1. The predicted molar refractivity (Wildman–Crippen MR) is 118 cm³/mol. The predicted octanol–water partition coefficient (Wildman–Crippen LogP) is 1.04. The fourth-order valence-corrected chi connectivity index (χ4v) is 2.86. The van der Waals surface area contributed by atoms with Crippen LogP contribution in [0.5, 0.6) is 0 Å². The molecule has 0 aliphatic carbocycles. The number of hydrogen-bond acceptors (Lipinski definition) is 10. The van der Waals surface area contributed by atoms with Crippen LogP contribution in [0.1, 0.15) is 5.56 Å². The highest BCUT2D eigenvalue weighted by Crippen LogP contribution is 2.12. The molecule has 0 aliphatic heterocycles. The average molecular weight is 483 g/mol. The molecule has 1 aromatic carbocycles. The normalized spacial score (nSPS) is 11.2. The Morgan fingerprint density at radius 2 is 1.06 bits per heavy atom. The topological polar surface area (TPSA) is 119 Å². The smallest absolute Gasteiger partial charge is 0.297 e. The number of ether oxygens (including phenoxy) is 6. The third-order valence-electron chi connectivity index (χ3n) is 3.62. The molecular formula is C21H38O10S. The lowest BCUT2D eigenvalue weighted by Crippen LogP contribution is -2.14. The number of hydrogen-bond donors (Lipinski definition) is 1. The Labute approximate surface area is 191 Å². The Morgan fingerprint density at radius 1 is 0.656 bits per heavy atom. The molecule has 1 N–H and O–H groups in total. The molecule has 0 bridgehead atoms. The van der Waals surface area contributed by atoms with Crippen LogP contribution in [0.25, 0.3) is 0 Å². The van der Waals surface area contributed by atoms with Gasteiger partial charge in [0, 0.05) is 14.2 Å². The number of methoxy groups -OCH3 is 2. The first-order chi connectivity index (χ1) is 15.5. The molecule has 0 fully saturated rings. The fourth-order valence-electron chi connectivity index (χ4n) is 1.97. The Morgan fingerprint density at radius 3 is 1.50 bits per heavy atom. The minimum absolute atomic E-state index is 0.0196. The summed E-state index contributed by atoms with van der Waals surface area (Å²) < 4.78 is 58.6. The fraction of sp³-hybridized carbons (Fsp3) is 0.714. The van der Waals surface area contributed by atoms with Gasteiger partial charge in [-0.25, -0.2) is 0 Å². The van der Waals surface area contributed by atoms with E-state index in [0.29, 0.717) is 59.5 Å². The molecule has 0 aliphatic rings. The molecule has 11 heteroatoms. The Kier molecular flexibility index (Phi) is 20.9. The van der Waals surface area contributed by atoms with E-state index < -0.39 is 10.1 Å². The number of aliphatic hydroxyl groups is 1. The standard InChI is InChI=1S/C14H22O6S.C7H16O4/c1-13-3-5-14(6-4-13)21(15,16)20-12-11-19-10-9-18-8-7-17-2;1-9-4-5-11-7-6-10-3-2-8/h3-6H,7-12H2,1-2H3;8H,2-7H2,1H3. The summed E-state index contributed by atoms with van der Waals surface area (Å²) in [5.41, 5.74) is 0.991. The molecule has 10 nitrogen and oxygen atoms in total. The highest BCUT2D eigenvalue weighted by Gasteiger charge is 2.14. The number of aryl methyl sites for hydroxylation is 1. The Hall–Kier alpha value is -1.15. The summed E-state index contributed by atoms with van der Waals surface area (Å²) in [6.45, 7) is 6.69. The van der Waals surface area contributed by atoms with E-state index in [4.69, 9.17) is 37.7 Å². The van der Waals surface area contributed by atoms with Crippen LogP contribution < -0.4 is 0 Å². The van der Waals surface area contributed by atoms with Crippen LogP contribution in [0.3, 0.4) is 0 Å². The van der Waals surface area contributed by atoms with E-state index >= 15 is 0 Å². The molecule has 1 rings (SSSR count). The molecule has 0 amide bonds. The van der Waals surface area contributed by atoms with Gasteiger partial charge in [0.25, 0.3) is 10.1 Å². The van der Waals surface area contributed by atoms with Gasteiger partial charge in [0.1, 0.15) is 0 Å². The molecule has 0 saturated heterocycles. The molecule has 0 unspecified atom stereocenters. The summed E-state index contributed by atoms with van der Waals surface area (Å²) in [6.07, 6.45) is 0. The van der Waals surface area contributed by atoms with Crippen molar-refractivity contribution in [3.8, 4) is 0 Å². The third kappa shape index (κ3) is 18.4. The number of benzene rings is 1. The maximum Gasteiger partial charge on any atom is 0.297 e. The molecule has 0 aromatic heterocycles. The highest BCUT2D eigenvalue weighted by molar-refractivity contribution is 7.86. The monoisotopic (exact) mass is 482 g/mol. The van der Waals surface area contributed by atoms with Gasteiger partial charge >= 0.3 is 0 Å². The summed E-state index contributed by atoms with van der Waals surface area (Å²) in [5.74, 6) is 0. The first kappa shape index (κ1) is 30.9. The van der Waals surface area contributed by atoms with E-state index in [0.717, 1.165) is 5.56 Å². The van der Waals surface area contributed by atoms with E-state index in [1.54, 1.807) is 26.4 Å². The molecule has 0 radical (unpaired) electrons. The van der Waals surface area contributed by atoms with Gasteiger partial charge in [-0.2, -0.15) is 8.42 Å². The van der Waals surface area contributed by atoms with Gasteiger partial charge in [-0.15, -0.1) is 0 Å². The molecular weight excluding hydrogens is 444 g/mol. The van der Waals surface area contributed by atoms with Crippen LogP contribution >= 0.6 is 0 Å². The minimum Gasteiger partial charge on any atom is -0.394 e. The maximum absolute atomic E-state index is 11.8. The minimum atomic E-state index is -3.71. The lowest BCUT2D eigenvalue weighted by atomic mass is 10.2. The number of rotatable bonds is 19. The van der Waals surface area contributed by atoms with Crippen molar-refractivity contribution in [1.82, 2.24) is 0 Å². The molecule has 32 heavy (non-hydrogen) atoms. The lowest BCUT2D eigenvalue weighted by molar-refractivity contribution is 0.0159.